The van der Waals surface area contributed by atoms with E-state index in [-0.39, 0.29) is 4.47 Å². The summed E-state index contributed by atoms with van der Waals surface area (Å²) < 4.78 is 63.0. The molecule has 0 aliphatic heterocycles. The van der Waals surface area contributed by atoms with Gasteiger partial charge in [0.15, 0.2) is 0 Å². The lowest BCUT2D eigenvalue weighted by atomic mass is 10.2. The molecule has 10 heteroatoms. The van der Waals surface area contributed by atoms with Crippen molar-refractivity contribution in [2.75, 3.05) is 0 Å². The molecule has 1 aromatic carbocycles. The van der Waals surface area contributed by atoms with E-state index in [1.54, 1.807) is 4.72 Å². The number of sulfonamides is 1. The highest BCUT2D eigenvalue weighted by atomic mass is 79.9. The number of benzene rings is 1. The van der Waals surface area contributed by atoms with Crippen LogP contribution in [0.5, 0.6) is 0 Å². The standard InChI is InChI=1S/C10H9BrF3NO4S/c1-5(9(16)17)15-20(18,19)6-2-3-8(11)7(4-6)10(12,13)14/h2-5,15H,1H3,(H,16,17)/t5-/m0/s1. The first-order valence-electron chi connectivity index (χ1n) is 5.07. The first-order valence-corrected chi connectivity index (χ1v) is 7.34. The van der Waals surface area contributed by atoms with Gasteiger partial charge in [-0.1, -0.05) is 15.9 Å². The third kappa shape index (κ3) is 3.93. The summed E-state index contributed by atoms with van der Waals surface area (Å²) in [5, 5.41) is 8.61. The smallest absolute Gasteiger partial charge is 0.417 e. The number of hydrogen-bond donors (Lipinski definition) is 2. The van der Waals surface area contributed by atoms with Gasteiger partial charge in [-0.15, -0.1) is 0 Å². The van der Waals surface area contributed by atoms with Crippen LogP contribution in [-0.2, 0) is 21.0 Å². The highest BCUT2D eigenvalue weighted by Gasteiger charge is 2.34. The fraction of sp³-hybridized carbons (Fsp3) is 0.300. The Morgan fingerprint density at radius 1 is 1.40 bits per heavy atom. The largest absolute Gasteiger partial charge is 0.480 e. The van der Waals surface area contributed by atoms with Crippen LogP contribution in [0.15, 0.2) is 27.6 Å². The maximum atomic E-state index is 12.7. The predicted molar refractivity (Wildman–Crippen MR) is 66.6 cm³/mol. The SMILES string of the molecule is C[C@H](NS(=O)(=O)c1ccc(Br)c(C(F)(F)F)c1)C(=O)O. The minimum Gasteiger partial charge on any atom is -0.480 e. The molecule has 0 saturated heterocycles. The maximum absolute atomic E-state index is 12.7. The van der Waals surface area contributed by atoms with E-state index in [2.05, 4.69) is 15.9 Å². The van der Waals surface area contributed by atoms with Crippen molar-refractivity contribution in [3.63, 3.8) is 0 Å². The molecule has 0 aliphatic rings. The van der Waals surface area contributed by atoms with Gasteiger partial charge in [-0.25, -0.2) is 8.42 Å². The number of alkyl halides is 3. The number of rotatable bonds is 4. The Balaban J connectivity index is 3.24. The van der Waals surface area contributed by atoms with Crippen molar-refractivity contribution in [3.8, 4) is 0 Å². The average Bonchev–Trinajstić information content (AvgIpc) is 2.26. The quantitative estimate of drug-likeness (QED) is 0.844. The van der Waals surface area contributed by atoms with Gasteiger partial charge in [-0.3, -0.25) is 4.79 Å². The lowest BCUT2D eigenvalue weighted by Crippen LogP contribution is -2.38. The molecule has 0 unspecified atom stereocenters. The summed E-state index contributed by atoms with van der Waals surface area (Å²) in [6.45, 7) is 1.06. The molecule has 20 heavy (non-hydrogen) atoms. The van der Waals surface area contributed by atoms with Crippen LogP contribution in [-0.4, -0.2) is 25.5 Å². The van der Waals surface area contributed by atoms with E-state index in [0.717, 1.165) is 19.1 Å². The highest BCUT2D eigenvalue weighted by Crippen LogP contribution is 2.36. The predicted octanol–water partition coefficient (Wildman–Crippen LogP) is 2.22. The van der Waals surface area contributed by atoms with E-state index in [1.807, 2.05) is 0 Å². The van der Waals surface area contributed by atoms with Gasteiger partial charge in [0.1, 0.15) is 6.04 Å². The minimum absolute atomic E-state index is 0.310. The topological polar surface area (TPSA) is 83.5 Å². The second kappa shape index (κ2) is 5.70. The zero-order valence-electron chi connectivity index (χ0n) is 9.90. The van der Waals surface area contributed by atoms with Crippen LogP contribution in [0.4, 0.5) is 13.2 Å². The molecular formula is C10H9BrF3NO4S. The summed E-state index contributed by atoms with van der Waals surface area (Å²) in [6, 6.07) is 0.845. The van der Waals surface area contributed by atoms with Crippen LogP contribution in [0.3, 0.4) is 0 Å². The van der Waals surface area contributed by atoms with E-state index in [4.69, 9.17) is 5.11 Å². The third-order valence-electron chi connectivity index (χ3n) is 2.26. The second-order valence-corrected chi connectivity index (χ2v) is 6.39. The summed E-state index contributed by atoms with van der Waals surface area (Å²) >= 11 is 2.68. The third-order valence-corrected chi connectivity index (χ3v) is 4.49. The van der Waals surface area contributed by atoms with Crippen LogP contribution < -0.4 is 4.72 Å². The molecule has 0 bridgehead atoms. The molecule has 0 aromatic heterocycles. The van der Waals surface area contributed by atoms with E-state index < -0.39 is 38.7 Å². The number of nitrogens with one attached hydrogen (secondary N) is 1. The average molecular weight is 376 g/mol. The Labute approximate surface area is 121 Å². The molecule has 0 radical (unpaired) electrons. The number of hydrogen-bond acceptors (Lipinski definition) is 3. The molecule has 0 spiro atoms. The Hall–Kier alpha value is -1.13. The highest BCUT2D eigenvalue weighted by molar-refractivity contribution is 9.10. The van der Waals surface area contributed by atoms with Crippen molar-refractivity contribution >= 4 is 31.9 Å². The number of halogens is 4. The molecule has 112 valence electrons. The van der Waals surface area contributed by atoms with Gasteiger partial charge in [0.05, 0.1) is 10.5 Å². The van der Waals surface area contributed by atoms with Gasteiger partial charge in [0.25, 0.3) is 0 Å². The van der Waals surface area contributed by atoms with E-state index in [9.17, 15) is 26.4 Å². The van der Waals surface area contributed by atoms with Gasteiger partial charge >= 0.3 is 12.1 Å². The molecular weight excluding hydrogens is 367 g/mol. The second-order valence-electron chi connectivity index (χ2n) is 3.82. The number of carboxylic acid groups (broad SMARTS) is 1. The maximum Gasteiger partial charge on any atom is 0.417 e. The molecule has 0 amide bonds. The monoisotopic (exact) mass is 375 g/mol. The lowest BCUT2D eigenvalue weighted by molar-refractivity contribution is -0.139. The summed E-state index contributed by atoms with van der Waals surface area (Å²) in [6.07, 6.45) is -4.73. The number of aliphatic carboxylic acids is 1. The van der Waals surface area contributed by atoms with Crippen molar-refractivity contribution in [1.82, 2.24) is 4.72 Å². The zero-order chi connectivity index (χ0) is 15.7. The molecule has 1 rings (SSSR count). The molecule has 0 fully saturated rings. The summed E-state index contributed by atoms with van der Waals surface area (Å²) in [4.78, 5) is 9.91. The van der Waals surface area contributed by atoms with Gasteiger partial charge in [-0.2, -0.15) is 17.9 Å². The van der Waals surface area contributed by atoms with Crippen LogP contribution in [0.2, 0.25) is 0 Å². The summed E-state index contributed by atoms with van der Waals surface area (Å²) in [5.74, 6) is -1.44. The van der Waals surface area contributed by atoms with Crippen LogP contribution >= 0.6 is 15.9 Å². The fourth-order valence-corrected chi connectivity index (χ4v) is 2.93. The molecule has 1 aromatic rings. The van der Waals surface area contributed by atoms with Crippen LogP contribution in [0, 0.1) is 0 Å². The van der Waals surface area contributed by atoms with Crippen molar-refractivity contribution in [2.45, 2.75) is 24.0 Å². The molecule has 0 aliphatic carbocycles. The van der Waals surface area contributed by atoms with Crippen molar-refractivity contribution in [2.24, 2.45) is 0 Å². The number of carboxylic acids is 1. The Bertz CT molecular complexity index is 630. The van der Waals surface area contributed by atoms with Crippen LogP contribution in [0.1, 0.15) is 12.5 Å². The Morgan fingerprint density at radius 3 is 2.40 bits per heavy atom. The normalized spacial score (nSPS) is 14.1. The van der Waals surface area contributed by atoms with E-state index >= 15 is 0 Å². The molecule has 5 nitrogen and oxygen atoms in total. The van der Waals surface area contributed by atoms with Gasteiger partial charge in [0.2, 0.25) is 10.0 Å². The van der Waals surface area contributed by atoms with E-state index in [0.29, 0.717) is 6.07 Å². The minimum atomic E-state index is -4.73. The Kier molecular flexibility index (Phi) is 4.82. The van der Waals surface area contributed by atoms with Gasteiger partial charge in [0, 0.05) is 4.47 Å². The van der Waals surface area contributed by atoms with Crippen molar-refractivity contribution in [1.29, 1.82) is 0 Å². The lowest BCUT2D eigenvalue weighted by Gasteiger charge is -2.13. The van der Waals surface area contributed by atoms with E-state index in [1.165, 1.54) is 0 Å². The molecule has 0 saturated carbocycles. The molecule has 1 atom stereocenters. The van der Waals surface area contributed by atoms with Crippen molar-refractivity contribution < 1.29 is 31.5 Å². The first kappa shape index (κ1) is 16.9. The molecule has 0 heterocycles. The molecule has 2 N–H and O–H groups in total. The van der Waals surface area contributed by atoms with Crippen LogP contribution in [0.25, 0.3) is 0 Å². The number of carbonyl (C=O) groups is 1. The van der Waals surface area contributed by atoms with Gasteiger partial charge < -0.3 is 5.11 Å². The first-order chi connectivity index (χ1) is 8.95. The summed E-state index contributed by atoms with van der Waals surface area (Å²) in [5.41, 5.74) is -1.16. The zero-order valence-corrected chi connectivity index (χ0v) is 12.3. The fourth-order valence-electron chi connectivity index (χ4n) is 1.24. The van der Waals surface area contributed by atoms with Gasteiger partial charge in [-0.05, 0) is 25.1 Å². The van der Waals surface area contributed by atoms with Crippen molar-refractivity contribution in [3.05, 3.63) is 28.2 Å². The summed E-state index contributed by atoms with van der Waals surface area (Å²) in [7, 11) is -4.36. The Morgan fingerprint density at radius 2 is 1.95 bits per heavy atom.